The first-order valence-electron chi connectivity index (χ1n) is 6.51. The van der Waals surface area contributed by atoms with Gasteiger partial charge in [-0.3, -0.25) is 4.98 Å². The van der Waals surface area contributed by atoms with Crippen molar-refractivity contribution in [1.29, 1.82) is 0 Å². The predicted molar refractivity (Wildman–Crippen MR) is 76.7 cm³/mol. The fourth-order valence-corrected chi connectivity index (χ4v) is 5.48. The van der Waals surface area contributed by atoms with E-state index in [0.717, 1.165) is 12.0 Å². The highest BCUT2D eigenvalue weighted by Crippen LogP contribution is 2.29. The van der Waals surface area contributed by atoms with Crippen LogP contribution in [0.1, 0.15) is 25.5 Å². The van der Waals surface area contributed by atoms with Gasteiger partial charge in [0.15, 0.2) is 0 Å². The van der Waals surface area contributed by atoms with E-state index in [-0.39, 0.29) is 0 Å². The summed E-state index contributed by atoms with van der Waals surface area (Å²) in [6.07, 6.45) is 7.09. The molecule has 0 amide bonds. The van der Waals surface area contributed by atoms with Crippen LogP contribution < -0.4 is 5.19 Å². The molecule has 1 aliphatic heterocycles. The lowest BCUT2D eigenvalue weighted by Gasteiger charge is -2.32. The lowest BCUT2D eigenvalue weighted by molar-refractivity contribution is 0.720. The Bertz CT molecular complexity index is 599. The van der Waals surface area contributed by atoms with Gasteiger partial charge in [0, 0.05) is 36.0 Å². The minimum absolute atomic E-state index is 0.527. The third kappa shape index (κ3) is 1.55. The van der Waals surface area contributed by atoms with Crippen LogP contribution in [0.15, 0.2) is 24.7 Å². The molecule has 4 heteroatoms. The van der Waals surface area contributed by atoms with Crippen molar-refractivity contribution in [1.82, 2.24) is 14.5 Å². The molecule has 0 radical (unpaired) electrons. The van der Waals surface area contributed by atoms with Gasteiger partial charge in [-0.1, -0.05) is 26.9 Å². The second-order valence-corrected chi connectivity index (χ2v) is 10.7. The molecule has 0 fully saturated rings. The quantitative estimate of drug-likeness (QED) is 0.735. The molecule has 0 spiro atoms. The van der Waals surface area contributed by atoms with Crippen LogP contribution in [0.4, 0.5) is 0 Å². The number of rotatable bonds is 1. The minimum Gasteiger partial charge on any atom is -0.330 e. The molecule has 0 saturated carbocycles. The van der Waals surface area contributed by atoms with Crippen LogP contribution in [0.25, 0.3) is 11.4 Å². The largest absolute Gasteiger partial charge is 0.330 e. The summed E-state index contributed by atoms with van der Waals surface area (Å²) in [4.78, 5) is 8.95. The van der Waals surface area contributed by atoms with E-state index >= 15 is 0 Å². The molecule has 3 heterocycles. The van der Waals surface area contributed by atoms with Crippen molar-refractivity contribution in [3.63, 3.8) is 0 Å². The maximum atomic E-state index is 4.64. The summed E-state index contributed by atoms with van der Waals surface area (Å²) in [5.41, 5.74) is 2.65. The van der Waals surface area contributed by atoms with Gasteiger partial charge in [0.1, 0.15) is 13.9 Å². The highest BCUT2D eigenvalue weighted by Gasteiger charge is 2.35. The number of fused-ring (bicyclic) bond motifs is 3. The van der Waals surface area contributed by atoms with E-state index in [4.69, 9.17) is 0 Å². The molecular weight excluding hydrogens is 238 g/mol. The first-order chi connectivity index (χ1) is 8.50. The summed E-state index contributed by atoms with van der Waals surface area (Å²) in [6.45, 7) is 9.31. The number of aromatic nitrogens is 3. The topological polar surface area (TPSA) is 30.7 Å². The zero-order valence-corrected chi connectivity index (χ0v) is 12.4. The molecule has 0 saturated heterocycles. The fourth-order valence-electron chi connectivity index (χ4n) is 2.84. The summed E-state index contributed by atoms with van der Waals surface area (Å²) >= 11 is 0. The molecule has 0 N–H and O–H groups in total. The first-order valence-corrected chi connectivity index (χ1v) is 9.72. The van der Waals surface area contributed by atoms with Gasteiger partial charge in [-0.15, -0.1) is 0 Å². The van der Waals surface area contributed by atoms with Crippen molar-refractivity contribution in [2.75, 3.05) is 0 Å². The van der Waals surface area contributed by atoms with E-state index in [1.54, 1.807) is 0 Å². The summed E-state index contributed by atoms with van der Waals surface area (Å²) in [6, 6.07) is 2.12. The second-order valence-electron chi connectivity index (χ2n) is 6.05. The van der Waals surface area contributed by atoms with Gasteiger partial charge >= 0.3 is 0 Å². The van der Waals surface area contributed by atoms with E-state index < -0.39 is 8.07 Å². The van der Waals surface area contributed by atoms with Crippen LogP contribution in [0, 0.1) is 0 Å². The van der Waals surface area contributed by atoms with Crippen LogP contribution in [0.5, 0.6) is 0 Å². The van der Waals surface area contributed by atoms with Crippen LogP contribution in [0.3, 0.4) is 0 Å². The molecule has 0 aliphatic carbocycles. The Morgan fingerprint density at radius 3 is 2.78 bits per heavy atom. The Morgan fingerprint density at radius 2 is 2.06 bits per heavy atom. The van der Waals surface area contributed by atoms with Crippen molar-refractivity contribution in [3.05, 3.63) is 30.4 Å². The molecule has 0 bridgehead atoms. The number of nitrogens with zero attached hydrogens (tertiary/aromatic N) is 3. The van der Waals surface area contributed by atoms with Gasteiger partial charge < -0.3 is 4.57 Å². The van der Waals surface area contributed by atoms with E-state index in [9.17, 15) is 0 Å². The smallest absolute Gasteiger partial charge is 0.139 e. The summed E-state index contributed by atoms with van der Waals surface area (Å²) < 4.78 is 2.43. The number of hydrogen-bond acceptors (Lipinski definition) is 2. The van der Waals surface area contributed by atoms with Crippen molar-refractivity contribution in [3.8, 4) is 11.4 Å². The van der Waals surface area contributed by atoms with Gasteiger partial charge in [0.05, 0.1) is 0 Å². The Balaban J connectivity index is 2.27. The summed E-state index contributed by atoms with van der Waals surface area (Å²) in [5, 5.41) is 1.44. The molecule has 0 aromatic carbocycles. The average molecular weight is 257 g/mol. The third-order valence-corrected chi connectivity index (χ3v) is 6.79. The molecule has 3 nitrogen and oxygen atoms in total. The number of pyridine rings is 1. The van der Waals surface area contributed by atoms with Gasteiger partial charge in [-0.25, -0.2) is 4.98 Å². The van der Waals surface area contributed by atoms with E-state index in [2.05, 4.69) is 53.7 Å². The monoisotopic (exact) mass is 257 g/mol. The summed E-state index contributed by atoms with van der Waals surface area (Å²) in [5.74, 6) is 1.65. The van der Waals surface area contributed by atoms with Gasteiger partial charge in [0.25, 0.3) is 0 Å². The van der Waals surface area contributed by atoms with Crippen molar-refractivity contribution >= 4 is 13.3 Å². The Hall–Kier alpha value is -1.42. The predicted octanol–water partition coefficient (Wildman–Crippen LogP) is 2.54. The lowest BCUT2D eigenvalue weighted by Crippen LogP contribution is -2.50. The maximum Gasteiger partial charge on any atom is 0.139 e. The maximum absolute atomic E-state index is 4.64. The minimum atomic E-state index is -1.44. The van der Waals surface area contributed by atoms with Gasteiger partial charge in [0.2, 0.25) is 0 Å². The SMILES string of the molecule is CC(C)c1cnc2n1C[Si](C)(C)c1cnccc1-2. The Labute approximate surface area is 109 Å². The van der Waals surface area contributed by atoms with Gasteiger partial charge in [-0.05, 0) is 17.2 Å². The molecule has 18 heavy (non-hydrogen) atoms. The van der Waals surface area contributed by atoms with Crippen molar-refractivity contribution < 1.29 is 0 Å². The normalized spacial score (nSPS) is 16.5. The first kappa shape index (κ1) is 11.7. The molecule has 3 rings (SSSR count). The number of imidazole rings is 1. The molecule has 1 aliphatic rings. The highest BCUT2D eigenvalue weighted by molar-refractivity contribution is 6.90. The van der Waals surface area contributed by atoms with Crippen LogP contribution in [0.2, 0.25) is 13.1 Å². The zero-order chi connectivity index (χ0) is 12.9. The van der Waals surface area contributed by atoms with Crippen molar-refractivity contribution in [2.45, 2.75) is 39.0 Å². The Morgan fingerprint density at radius 1 is 1.28 bits per heavy atom. The lowest BCUT2D eigenvalue weighted by atomic mass is 10.1. The van der Waals surface area contributed by atoms with Crippen LogP contribution in [-0.2, 0) is 6.17 Å². The van der Waals surface area contributed by atoms with E-state index in [1.165, 1.54) is 16.4 Å². The van der Waals surface area contributed by atoms with Gasteiger partial charge in [-0.2, -0.15) is 0 Å². The molecular formula is C14H19N3Si. The standard InChI is InChI=1S/C14H19N3Si/c1-10(2)12-7-16-14-11-5-6-15-8-13(11)18(3,4)9-17(12)14/h5-8,10H,9H2,1-4H3. The van der Waals surface area contributed by atoms with Crippen LogP contribution in [-0.4, -0.2) is 22.6 Å². The van der Waals surface area contributed by atoms with Crippen molar-refractivity contribution in [2.24, 2.45) is 0 Å². The second kappa shape index (κ2) is 3.78. The van der Waals surface area contributed by atoms with E-state index in [0.29, 0.717) is 5.92 Å². The molecule has 94 valence electrons. The highest BCUT2D eigenvalue weighted by atomic mass is 28.3. The third-order valence-electron chi connectivity index (χ3n) is 3.82. The summed E-state index contributed by atoms with van der Waals surface area (Å²) in [7, 11) is -1.44. The molecule has 0 unspecified atom stereocenters. The van der Waals surface area contributed by atoms with E-state index in [1.807, 2.05) is 12.4 Å². The average Bonchev–Trinajstić information content (AvgIpc) is 2.72. The number of hydrogen-bond donors (Lipinski definition) is 0. The molecule has 2 aromatic heterocycles. The van der Waals surface area contributed by atoms with Crippen LogP contribution >= 0.6 is 0 Å². The zero-order valence-electron chi connectivity index (χ0n) is 11.4. The fraction of sp³-hybridized carbons (Fsp3) is 0.429. The molecule has 0 atom stereocenters. The Kier molecular flexibility index (Phi) is 2.45. The molecule has 2 aromatic rings.